The minimum absolute atomic E-state index is 0.0332. The molecule has 13 N–H and O–H groups in total. The van der Waals surface area contributed by atoms with E-state index in [4.69, 9.17) is 69.2 Å². The Balaban J connectivity index is 0.000000143. The lowest BCUT2D eigenvalue weighted by molar-refractivity contribution is 0.173. The summed E-state index contributed by atoms with van der Waals surface area (Å²) in [5.41, 5.74) is 41.5. The van der Waals surface area contributed by atoms with E-state index in [1.807, 2.05) is 24.5 Å². The summed E-state index contributed by atoms with van der Waals surface area (Å²) >= 11 is 20.5. The normalized spacial score (nSPS) is 19.1. The van der Waals surface area contributed by atoms with Crippen molar-refractivity contribution in [2.24, 2.45) is 22.3 Å². The molecule has 2 saturated heterocycles. The molecule has 8 heterocycles. The zero-order valence-electron chi connectivity index (χ0n) is 34.1. The van der Waals surface area contributed by atoms with Gasteiger partial charge in [0.1, 0.15) is 32.7 Å². The van der Waals surface area contributed by atoms with Crippen LogP contribution in [0.3, 0.4) is 0 Å². The number of aromatic nitrogens is 8. The quantitative estimate of drug-likeness (QED) is 0.0961. The van der Waals surface area contributed by atoms with Crippen LogP contribution in [0.25, 0.3) is 0 Å². The van der Waals surface area contributed by atoms with Crippen molar-refractivity contribution >= 4 is 87.4 Å². The Kier molecular flexibility index (Phi) is 13.6. The summed E-state index contributed by atoms with van der Waals surface area (Å²) in [4.78, 5) is 37.6. The van der Waals surface area contributed by atoms with Crippen molar-refractivity contribution in [2.75, 3.05) is 54.0 Å². The van der Waals surface area contributed by atoms with Gasteiger partial charge in [-0.2, -0.15) is 0 Å². The van der Waals surface area contributed by atoms with Crippen molar-refractivity contribution in [3.63, 3.8) is 0 Å². The SMILES string of the molecule is N[C@@H]1c2cccnc2CC12CCNCC2.Nc1nc(Cl)cnc1Sc1ccnc(N)c1Cl.Nc1nc(N2CCC3(CC2)Cc2ncccc2[C@H]3N)cnc1Sc1ccnc(N)c1Cl. The first-order valence-corrected chi connectivity index (χ1v) is 23.0. The molecular weight excluding hydrogens is 899 g/mol. The second kappa shape index (κ2) is 19.1. The molecule has 2 spiro atoms. The molecule has 21 heteroatoms. The number of piperidine rings is 2. The van der Waals surface area contributed by atoms with Crippen LogP contribution in [0.4, 0.5) is 29.1 Å². The molecule has 16 nitrogen and oxygen atoms in total. The van der Waals surface area contributed by atoms with E-state index >= 15 is 0 Å². The number of nitrogens with two attached hydrogens (primary N) is 6. The average molecular weight is 946 g/mol. The lowest BCUT2D eigenvalue weighted by atomic mass is 9.73. The van der Waals surface area contributed by atoms with E-state index in [9.17, 15) is 0 Å². The number of anilines is 5. The number of fused-ring (bicyclic) bond motifs is 2. The second-order valence-corrected chi connectivity index (χ2v) is 19.1. The van der Waals surface area contributed by atoms with Crippen LogP contribution in [0.5, 0.6) is 0 Å². The van der Waals surface area contributed by atoms with Gasteiger partial charge >= 0.3 is 0 Å². The number of halogens is 3. The van der Waals surface area contributed by atoms with Gasteiger partial charge in [-0.05, 0) is 97.8 Å². The Morgan fingerprint density at radius 2 is 1.08 bits per heavy atom. The molecule has 2 atom stereocenters. The van der Waals surface area contributed by atoms with Gasteiger partial charge < -0.3 is 44.6 Å². The van der Waals surface area contributed by atoms with E-state index in [2.05, 4.69) is 62.2 Å². The van der Waals surface area contributed by atoms with Gasteiger partial charge in [-0.3, -0.25) is 9.97 Å². The van der Waals surface area contributed by atoms with E-state index in [1.54, 1.807) is 30.7 Å². The van der Waals surface area contributed by atoms with Gasteiger partial charge in [-0.25, -0.2) is 29.9 Å². The second-order valence-electron chi connectivity index (χ2n) is 15.9. The van der Waals surface area contributed by atoms with Crippen molar-refractivity contribution in [3.8, 4) is 0 Å². The van der Waals surface area contributed by atoms with Crippen LogP contribution in [0.1, 0.15) is 60.3 Å². The van der Waals surface area contributed by atoms with Gasteiger partial charge in [0.15, 0.2) is 11.6 Å². The first-order valence-electron chi connectivity index (χ1n) is 20.3. The molecule has 63 heavy (non-hydrogen) atoms. The minimum atomic E-state index is 0.0332. The van der Waals surface area contributed by atoms with Gasteiger partial charge in [-0.15, -0.1) is 0 Å². The summed E-state index contributed by atoms with van der Waals surface area (Å²) in [7, 11) is 0. The Morgan fingerprint density at radius 3 is 1.57 bits per heavy atom. The van der Waals surface area contributed by atoms with E-state index < -0.39 is 0 Å². The topological polar surface area (TPSA) is 275 Å². The van der Waals surface area contributed by atoms with Crippen molar-refractivity contribution in [1.82, 2.24) is 45.2 Å². The number of hydrogen-bond acceptors (Lipinski definition) is 18. The highest BCUT2D eigenvalue weighted by Crippen LogP contribution is 2.51. The van der Waals surface area contributed by atoms with Gasteiger partial charge in [0.2, 0.25) is 0 Å². The Bertz CT molecular complexity index is 2590. The van der Waals surface area contributed by atoms with Crippen LogP contribution < -0.4 is 44.6 Å². The molecule has 2 fully saturated rings. The predicted molar refractivity (Wildman–Crippen MR) is 252 cm³/mol. The number of hydrogen-bond donors (Lipinski definition) is 7. The van der Waals surface area contributed by atoms with Gasteiger partial charge in [-0.1, -0.05) is 70.5 Å². The fraction of sp³-hybridized carbons (Fsp3) is 0.333. The van der Waals surface area contributed by atoms with Crippen LogP contribution in [-0.4, -0.2) is 66.1 Å². The lowest BCUT2D eigenvalue weighted by Crippen LogP contribution is -2.44. The molecule has 6 aromatic rings. The zero-order valence-corrected chi connectivity index (χ0v) is 38.0. The summed E-state index contributed by atoms with van der Waals surface area (Å²) < 4.78 is 0. The number of nitrogens with one attached hydrogen (secondary N) is 1. The van der Waals surface area contributed by atoms with Gasteiger partial charge in [0.05, 0.1) is 22.4 Å². The molecule has 10 rings (SSSR count). The Morgan fingerprint density at radius 1 is 0.587 bits per heavy atom. The summed E-state index contributed by atoms with van der Waals surface area (Å²) in [6, 6.07) is 12.0. The van der Waals surface area contributed by atoms with Crippen LogP contribution in [0.15, 0.2) is 93.4 Å². The van der Waals surface area contributed by atoms with Gasteiger partial charge in [0.25, 0.3) is 0 Å². The molecule has 0 radical (unpaired) electrons. The molecule has 0 aromatic carbocycles. The highest BCUT2D eigenvalue weighted by molar-refractivity contribution is 7.99. The van der Waals surface area contributed by atoms with Gasteiger partial charge in [0, 0.05) is 71.1 Å². The largest absolute Gasteiger partial charge is 0.382 e. The highest BCUT2D eigenvalue weighted by atomic mass is 35.5. The Hall–Kier alpha value is -4.79. The maximum Gasteiger partial charge on any atom is 0.158 e. The number of nitrogen functional groups attached to an aromatic ring is 4. The van der Waals surface area contributed by atoms with Crippen LogP contribution in [0.2, 0.25) is 15.2 Å². The average Bonchev–Trinajstić information content (AvgIpc) is 3.71. The van der Waals surface area contributed by atoms with Crippen molar-refractivity contribution < 1.29 is 0 Å². The maximum atomic E-state index is 6.65. The summed E-state index contributed by atoms with van der Waals surface area (Å²) in [6.07, 6.45) is 16.4. The zero-order chi connectivity index (χ0) is 44.3. The summed E-state index contributed by atoms with van der Waals surface area (Å²) in [5.74, 6) is 1.92. The third kappa shape index (κ3) is 9.54. The summed E-state index contributed by atoms with van der Waals surface area (Å²) in [6.45, 7) is 3.91. The van der Waals surface area contributed by atoms with Crippen molar-refractivity contribution in [3.05, 3.63) is 111 Å². The molecule has 4 aliphatic rings. The third-order valence-electron chi connectivity index (χ3n) is 12.2. The van der Waals surface area contributed by atoms with Crippen LogP contribution >= 0.6 is 58.3 Å². The van der Waals surface area contributed by atoms with Crippen molar-refractivity contribution in [2.45, 2.75) is 70.5 Å². The molecule has 2 aliphatic carbocycles. The lowest BCUT2D eigenvalue weighted by Gasteiger charge is -2.42. The number of nitrogens with zero attached hydrogens (tertiary/aromatic N) is 9. The standard InChI is InChI=1S/C21H23ClN8S.C12H17N3.C9H7Cl2N5S/c22-16-14(3-7-27-18(16)24)31-20-19(25)29-15(11-28-20)30-8-4-21(5-9-30)10-13-12(17(21)23)2-1-6-26-13;13-11-9-2-1-5-15-10(9)8-12(11)3-6-14-7-4-12;10-5-3-15-9(8(13)16-5)17-4-1-2-14-7(12)6(4)11/h1-3,6-7,11,17H,4-5,8-10,23H2,(H2,24,27)(H2,25,29);1-2,5,11,14H,3-4,6-8,13H2;1-3H,(H2,12,14)(H2,13,16)/t17-;11-;/m11./s1. The molecular formula is C42H47Cl3N16S2. The monoisotopic (exact) mass is 944 g/mol. The molecule has 0 amide bonds. The predicted octanol–water partition coefficient (Wildman–Crippen LogP) is 6.58. The first-order chi connectivity index (χ1) is 30.4. The molecule has 328 valence electrons. The van der Waals surface area contributed by atoms with E-state index in [0.29, 0.717) is 36.2 Å². The molecule has 0 saturated carbocycles. The van der Waals surface area contributed by atoms with E-state index in [-0.39, 0.29) is 40.1 Å². The fourth-order valence-corrected chi connectivity index (χ4v) is 10.9. The van der Waals surface area contributed by atoms with E-state index in [1.165, 1.54) is 59.4 Å². The van der Waals surface area contributed by atoms with Crippen molar-refractivity contribution in [1.29, 1.82) is 0 Å². The molecule has 0 unspecified atom stereocenters. The number of pyridine rings is 4. The first kappa shape index (κ1) is 44.8. The smallest absolute Gasteiger partial charge is 0.158 e. The fourth-order valence-electron chi connectivity index (χ4n) is 8.70. The molecule has 6 aromatic heterocycles. The highest BCUT2D eigenvalue weighted by Gasteiger charge is 2.47. The Labute approximate surface area is 388 Å². The number of rotatable bonds is 5. The van der Waals surface area contributed by atoms with Crippen LogP contribution in [-0.2, 0) is 12.8 Å². The maximum absolute atomic E-state index is 6.65. The molecule has 0 bridgehead atoms. The third-order valence-corrected chi connectivity index (χ3v) is 15.6. The summed E-state index contributed by atoms with van der Waals surface area (Å²) in [5, 5.41) is 5.51. The molecule has 2 aliphatic heterocycles. The van der Waals surface area contributed by atoms with Crippen LogP contribution in [0, 0.1) is 10.8 Å². The van der Waals surface area contributed by atoms with E-state index in [0.717, 1.165) is 68.3 Å². The minimum Gasteiger partial charge on any atom is -0.382 e.